The average Bonchev–Trinajstić information content (AvgIpc) is 2.39. The fourth-order valence-corrected chi connectivity index (χ4v) is 2.67. The number of carboxylic acid groups (broad SMARTS) is 1. The van der Waals surface area contributed by atoms with E-state index in [2.05, 4.69) is 0 Å². The molecule has 1 aliphatic rings. The summed E-state index contributed by atoms with van der Waals surface area (Å²) in [5.41, 5.74) is 0. The monoisotopic (exact) mass is 174 g/mol. The SMILES string of the molecule is CC(SC1CCCC1)C(=O)O. The molecule has 0 amide bonds. The molecule has 0 saturated heterocycles. The summed E-state index contributed by atoms with van der Waals surface area (Å²) in [6.07, 6.45) is 4.98. The summed E-state index contributed by atoms with van der Waals surface area (Å²) in [6.45, 7) is 1.77. The second kappa shape index (κ2) is 4.00. The van der Waals surface area contributed by atoms with E-state index in [0.29, 0.717) is 5.25 Å². The van der Waals surface area contributed by atoms with E-state index in [1.165, 1.54) is 25.7 Å². The molecule has 1 rings (SSSR count). The molecule has 1 atom stereocenters. The van der Waals surface area contributed by atoms with Gasteiger partial charge in [-0.1, -0.05) is 12.8 Å². The van der Waals surface area contributed by atoms with Gasteiger partial charge in [0.15, 0.2) is 0 Å². The van der Waals surface area contributed by atoms with Gasteiger partial charge in [-0.25, -0.2) is 0 Å². The number of hydrogen-bond donors (Lipinski definition) is 1. The maximum absolute atomic E-state index is 10.5. The van der Waals surface area contributed by atoms with Gasteiger partial charge in [-0.2, -0.15) is 0 Å². The third kappa shape index (κ3) is 2.73. The number of thioether (sulfide) groups is 1. The lowest BCUT2D eigenvalue weighted by atomic mass is 10.4. The Balaban J connectivity index is 2.23. The first-order chi connectivity index (χ1) is 5.20. The predicted molar refractivity (Wildman–Crippen MR) is 46.9 cm³/mol. The highest BCUT2D eigenvalue weighted by Crippen LogP contribution is 2.31. The van der Waals surface area contributed by atoms with Gasteiger partial charge in [0.25, 0.3) is 0 Å². The van der Waals surface area contributed by atoms with E-state index in [1.54, 1.807) is 18.7 Å². The van der Waals surface area contributed by atoms with Gasteiger partial charge >= 0.3 is 5.97 Å². The Morgan fingerprint density at radius 2 is 2.09 bits per heavy atom. The molecule has 0 aromatic heterocycles. The normalized spacial score (nSPS) is 21.9. The van der Waals surface area contributed by atoms with Crippen LogP contribution in [0.2, 0.25) is 0 Å². The van der Waals surface area contributed by atoms with E-state index in [-0.39, 0.29) is 5.25 Å². The molecule has 0 aromatic rings. The minimum Gasteiger partial charge on any atom is -0.480 e. The molecule has 1 N–H and O–H groups in total. The summed E-state index contributed by atoms with van der Waals surface area (Å²) >= 11 is 1.62. The molecule has 3 heteroatoms. The summed E-state index contributed by atoms with van der Waals surface area (Å²) in [5.74, 6) is -0.679. The maximum atomic E-state index is 10.5. The molecule has 1 unspecified atom stereocenters. The molecule has 2 nitrogen and oxygen atoms in total. The molecule has 0 spiro atoms. The minimum absolute atomic E-state index is 0.224. The van der Waals surface area contributed by atoms with Crippen molar-refractivity contribution in [3.8, 4) is 0 Å². The Morgan fingerprint density at radius 1 is 1.55 bits per heavy atom. The van der Waals surface area contributed by atoms with E-state index in [4.69, 9.17) is 5.11 Å². The van der Waals surface area contributed by atoms with E-state index in [0.717, 1.165) is 0 Å². The Bertz CT molecular complexity index is 141. The standard InChI is InChI=1S/C8H14O2S/c1-6(8(9)10)11-7-4-2-3-5-7/h6-7H,2-5H2,1H3,(H,9,10). The maximum Gasteiger partial charge on any atom is 0.316 e. The van der Waals surface area contributed by atoms with Gasteiger partial charge in [0.1, 0.15) is 0 Å². The van der Waals surface area contributed by atoms with Crippen molar-refractivity contribution in [2.45, 2.75) is 43.1 Å². The summed E-state index contributed by atoms with van der Waals surface area (Å²) in [5, 5.41) is 9.01. The van der Waals surface area contributed by atoms with Crippen molar-refractivity contribution < 1.29 is 9.90 Å². The van der Waals surface area contributed by atoms with Crippen molar-refractivity contribution in [2.24, 2.45) is 0 Å². The molecule has 11 heavy (non-hydrogen) atoms. The van der Waals surface area contributed by atoms with Crippen LogP contribution in [0.1, 0.15) is 32.6 Å². The van der Waals surface area contributed by atoms with Crippen molar-refractivity contribution in [1.82, 2.24) is 0 Å². The highest BCUT2D eigenvalue weighted by Gasteiger charge is 2.21. The Hall–Kier alpha value is -0.180. The van der Waals surface area contributed by atoms with Crippen LogP contribution < -0.4 is 0 Å². The molecule has 0 bridgehead atoms. The zero-order chi connectivity index (χ0) is 8.27. The van der Waals surface area contributed by atoms with E-state index >= 15 is 0 Å². The quantitative estimate of drug-likeness (QED) is 0.712. The van der Waals surface area contributed by atoms with Crippen molar-refractivity contribution in [1.29, 1.82) is 0 Å². The van der Waals surface area contributed by atoms with Crippen molar-refractivity contribution in [2.75, 3.05) is 0 Å². The van der Waals surface area contributed by atoms with Crippen LogP contribution in [0.25, 0.3) is 0 Å². The summed E-state index contributed by atoms with van der Waals surface area (Å²) in [4.78, 5) is 10.5. The smallest absolute Gasteiger partial charge is 0.316 e. The summed E-state index contributed by atoms with van der Waals surface area (Å²) < 4.78 is 0. The van der Waals surface area contributed by atoms with Crippen LogP contribution in [0.15, 0.2) is 0 Å². The fourth-order valence-electron chi connectivity index (χ4n) is 1.37. The van der Waals surface area contributed by atoms with Crippen LogP contribution in [0.3, 0.4) is 0 Å². The number of aliphatic carboxylic acids is 1. The van der Waals surface area contributed by atoms with E-state index in [1.807, 2.05) is 0 Å². The predicted octanol–water partition coefficient (Wildman–Crippen LogP) is 2.14. The number of hydrogen-bond acceptors (Lipinski definition) is 2. The van der Waals surface area contributed by atoms with Crippen LogP contribution in [0.5, 0.6) is 0 Å². The summed E-state index contributed by atoms with van der Waals surface area (Å²) in [7, 11) is 0. The molecule has 1 saturated carbocycles. The van der Waals surface area contributed by atoms with Crippen LogP contribution in [-0.4, -0.2) is 21.6 Å². The third-order valence-electron chi connectivity index (χ3n) is 2.05. The molecule has 1 aliphatic carbocycles. The molecule has 0 heterocycles. The van der Waals surface area contributed by atoms with Crippen molar-refractivity contribution >= 4 is 17.7 Å². The molecular weight excluding hydrogens is 160 g/mol. The lowest BCUT2D eigenvalue weighted by Crippen LogP contribution is -2.15. The topological polar surface area (TPSA) is 37.3 Å². The van der Waals surface area contributed by atoms with Gasteiger partial charge in [-0.3, -0.25) is 4.79 Å². The summed E-state index contributed by atoms with van der Waals surface area (Å²) in [6, 6.07) is 0. The highest BCUT2D eigenvalue weighted by atomic mass is 32.2. The number of rotatable bonds is 3. The second-order valence-electron chi connectivity index (χ2n) is 3.02. The lowest BCUT2D eigenvalue weighted by molar-refractivity contribution is -0.136. The highest BCUT2D eigenvalue weighted by molar-refractivity contribution is 8.01. The Morgan fingerprint density at radius 3 is 2.55 bits per heavy atom. The first kappa shape index (κ1) is 8.91. The molecule has 64 valence electrons. The molecule has 0 aromatic carbocycles. The largest absolute Gasteiger partial charge is 0.480 e. The van der Waals surface area contributed by atoms with Crippen LogP contribution in [0, 0.1) is 0 Å². The second-order valence-corrected chi connectivity index (χ2v) is 4.67. The zero-order valence-corrected chi connectivity index (χ0v) is 7.56. The van der Waals surface area contributed by atoms with Gasteiger partial charge in [0.05, 0.1) is 5.25 Å². The zero-order valence-electron chi connectivity index (χ0n) is 6.75. The van der Waals surface area contributed by atoms with Crippen molar-refractivity contribution in [3.05, 3.63) is 0 Å². The molecule has 0 aliphatic heterocycles. The first-order valence-electron chi connectivity index (χ1n) is 4.08. The number of carbonyl (C=O) groups is 1. The van der Waals surface area contributed by atoms with Gasteiger partial charge in [-0.05, 0) is 19.8 Å². The van der Waals surface area contributed by atoms with Gasteiger partial charge in [-0.15, -0.1) is 11.8 Å². The number of carboxylic acids is 1. The molecule has 1 fully saturated rings. The third-order valence-corrected chi connectivity index (χ3v) is 3.51. The molecular formula is C8H14O2S. The van der Waals surface area contributed by atoms with Crippen LogP contribution >= 0.6 is 11.8 Å². The van der Waals surface area contributed by atoms with Gasteiger partial charge in [0.2, 0.25) is 0 Å². The Labute approximate surface area is 71.4 Å². The average molecular weight is 174 g/mol. The Kier molecular flexibility index (Phi) is 3.24. The minimum atomic E-state index is -0.679. The van der Waals surface area contributed by atoms with E-state index in [9.17, 15) is 4.79 Å². The van der Waals surface area contributed by atoms with Crippen LogP contribution in [-0.2, 0) is 4.79 Å². The lowest BCUT2D eigenvalue weighted by Gasteiger charge is -2.11. The molecule has 0 radical (unpaired) electrons. The van der Waals surface area contributed by atoms with E-state index < -0.39 is 5.97 Å². The van der Waals surface area contributed by atoms with Gasteiger partial charge < -0.3 is 5.11 Å². The van der Waals surface area contributed by atoms with Crippen LogP contribution in [0.4, 0.5) is 0 Å². The van der Waals surface area contributed by atoms with Gasteiger partial charge in [0, 0.05) is 5.25 Å². The first-order valence-corrected chi connectivity index (χ1v) is 5.02. The fraction of sp³-hybridized carbons (Fsp3) is 0.875. The van der Waals surface area contributed by atoms with Crippen molar-refractivity contribution in [3.63, 3.8) is 0 Å².